The van der Waals surface area contributed by atoms with Gasteiger partial charge in [0.05, 0.1) is 11.1 Å². The number of rotatable bonds is 2. The van der Waals surface area contributed by atoms with Crippen LogP contribution in [0.5, 0.6) is 5.75 Å². The first-order valence-corrected chi connectivity index (χ1v) is 10.0. The zero-order chi connectivity index (χ0) is 20.1. The molecule has 0 aliphatic heterocycles. The Morgan fingerprint density at radius 2 is 1.69 bits per heavy atom. The van der Waals surface area contributed by atoms with Crippen molar-refractivity contribution in [2.24, 2.45) is 0 Å². The Morgan fingerprint density at radius 1 is 0.931 bits per heavy atom. The summed E-state index contributed by atoms with van der Waals surface area (Å²) in [6, 6.07) is 20.1. The Balaban J connectivity index is 1.91. The van der Waals surface area contributed by atoms with E-state index in [9.17, 15) is 9.90 Å². The molecular weight excluding hydrogens is 454 g/mol. The highest BCUT2D eigenvalue weighted by Gasteiger charge is 2.23. The predicted molar refractivity (Wildman–Crippen MR) is 120 cm³/mol. The minimum Gasteiger partial charge on any atom is -0.506 e. The Labute approximate surface area is 178 Å². The van der Waals surface area contributed by atoms with Crippen LogP contribution in [0.2, 0.25) is 5.02 Å². The van der Waals surface area contributed by atoms with Crippen molar-refractivity contribution < 1.29 is 9.52 Å². The standard InChI is InChI=1S/C23H13BrClNO3/c24-13-7-5-12(6-8-13)19-16-11-14(25)9-10-17(16)26-21(19)20-22(27)15-3-1-2-4-18(15)29-23(20)28/h1-11,26-27H. The van der Waals surface area contributed by atoms with Gasteiger partial charge in [-0.15, -0.1) is 0 Å². The molecule has 4 nitrogen and oxygen atoms in total. The molecule has 5 rings (SSSR count). The smallest absolute Gasteiger partial charge is 0.349 e. The van der Waals surface area contributed by atoms with Gasteiger partial charge in [-0.3, -0.25) is 0 Å². The second-order valence-electron chi connectivity index (χ2n) is 6.68. The molecule has 2 heterocycles. The third-order valence-corrected chi connectivity index (χ3v) is 5.69. The van der Waals surface area contributed by atoms with Crippen molar-refractivity contribution in [1.29, 1.82) is 0 Å². The summed E-state index contributed by atoms with van der Waals surface area (Å²) in [5.41, 5.74) is 2.75. The fourth-order valence-corrected chi connectivity index (χ4v) is 4.06. The van der Waals surface area contributed by atoms with E-state index in [0.29, 0.717) is 21.7 Å². The number of aromatic amines is 1. The molecule has 5 aromatic rings. The highest BCUT2D eigenvalue weighted by Crippen LogP contribution is 2.42. The van der Waals surface area contributed by atoms with Crippen molar-refractivity contribution in [2.75, 3.05) is 0 Å². The zero-order valence-electron chi connectivity index (χ0n) is 14.9. The minimum atomic E-state index is -0.614. The Kier molecular flexibility index (Phi) is 4.23. The Bertz CT molecular complexity index is 1450. The van der Waals surface area contributed by atoms with Gasteiger partial charge < -0.3 is 14.5 Å². The van der Waals surface area contributed by atoms with Gasteiger partial charge >= 0.3 is 5.63 Å². The highest BCUT2D eigenvalue weighted by atomic mass is 79.9. The average Bonchev–Trinajstić information content (AvgIpc) is 3.07. The number of hydrogen-bond donors (Lipinski definition) is 2. The summed E-state index contributed by atoms with van der Waals surface area (Å²) >= 11 is 9.70. The number of aromatic hydroxyl groups is 1. The molecule has 0 saturated heterocycles. The highest BCUT2D eigenvalue weighted by molar-refractivity contribution is 9.10. The molecule has 142 valence electrons. The lowest BCUT2D eigenvalue weighted by molar-refractivity contribution is 0.471. The number of para-hydroxylation sites is 1. The van der Waals surface area contributed by atoms with Crippen molar-refractivity contribution in [1.82, 2.24) is 4.98 Å². The van der Waals surface area contributed by atoms with E-state index in [1.54, 1.807) is 30.3 Å². The molecule has 0 radical (unpaired) electrons. The van der Waals surface area contributed by atoms with E-state index < -0.39 is 5.63 Å². The fourth-order valence-electron chi connectivity index (χ4n) is 3.62. The van der Waals surface area contributed by atoms with Crippen LogP contribution in [-0.4, -0.2) is 10.1 Å². The molecule has 29 heavy (non-hydrogen) atoms. The van der Waals surface area contributed by atoms with Gasteiger partial charge in [0.1, 0.15) is 16.9 Å². The monoisotopic (exact) mass is 465 g/mol. The van der Waals surface area contributed by atoms with E-state index in [1.165, 1.54) is 0 Å². The number of aromatic nitrogens is 1. The lowest BCUT2D eigenvalue weighted by Gasteiger charge is -2.09. The second kappa shape index (κ2) is 6.79. The van der Waals surface area contributed by atoms with Crippen LogP contribution in [0, 0.1) is 0 Å². The van der Waals surface area contributed by atoms with E-state index in [2.05, 4.69) is 20.9 Å². The van der Waals surface area contributed by atoms with Crippen LogP contribution in [0.4, 0.5) is 0 Å². The van der Waals surface area contributed by atoms with Crippen molar-refractivity contribution in [3.8, 4) is 28.1 Å². The molecule has 2 aromatic heterocycles. The normalized spacial score (nSPS) is 11.4. The van der Waals surface area contributed by atoms with Crippen LogP contribution in [-0.2, 0) is 0 Å². The van der Waals surface area contributed by atoms with Gasteiger partial charge in [0.2, 0.25) is 0 Å². The van der Waals surface area contributed by atoms with E-state index in [4.69, 9.17) is 16.0 Å². The molecule has 0 aliphatic rings. The molecule has 6 heteroatoms. The summed E-state index contributed by atoms with van der Waals surface area (Å²) in [5, 5.41) is 12.9. The molecular formula is C23H13BrClNO3. The number of hydrogen-bond acceptors (Lipinski definition) is 3. The van der Waals surface area contributed by atoms with E-state index in [-0.39, 0.29) is 11.3 Å². The van der Waals surface area contributed by atoms with Gasteiger partial charge in [-0.05, 0) is 48.0 Å². The van der Waals surface area contributed by atoms with E-state index >= 15 is 0 Å². The SMILES string of the molecule is O=c1oc2ccccc2c(O)c1-c1[nH]c2ccc(Cl)cc2c1-c1ccc(Br)cc1. The zero-order valence-corrected chi connectivity index (χ0v) is 17.2. The molecule has 0 fully saturated rings. The molecule has 2 N–H and O–H groups in total. The topological polar surface area (TPSA) is 66.2 Å². The maximum absolute atomic E-state index is 12.9. The summed E-state index contributed by atoms with van der Waals surface area (Å²) < 4.78 is 6.43. The largest absolute Gasteiger partial charge is 0.506 e. The average molecular weight is 467 g/mol. The number of H-pyrrole nitrogens is 1. The van der Waals surface area contributed by atoms with Crippen molar-refractivity contribution in [2.45, 2.75) is 0 Å². The lowest BCUT2D eigenvalue weighted by Crippen LogP contribution is -2.04. The molecule has 0 aliphatic carbocycles. The predicted octanol–water partition coefficient (Wildman–Crippen LogP) is 6.73. The van der Waals surface area contributed by atoms with Crippen molar-refractivity contribution in [3.05, 3.63) is 86.6 Å². The number of nitrogens with one attached hydrogen (secondary N) is 1. The van der Waals surface area contributed by atoms with E-state index in [1.807, 2.05) is 36.4 Å². The van der Waals surface area contributed by atoms with Crippen LogP contribution in [0.1, 0.15) is 0 Å². The first kappa shape index (κ1) is 18.0. The summed E-state index contributed by atoms with van der Waals surface area (Å²) in [6.45, 7) is 0. The van der Waals surface area contributed by atoms with Gasteiger partial charge in [0.15, 0.2) is 0 Å². The first-order valence-electron chi connectivity index (χ1n) is 8.85. The van der Waals surface area contributed by atoms with Crippen molar-refractivity contribution in [3.63, 3.8) is 0 Å². The van der Waals surface area contributed by atoms with E-state index in [0.717, 1.165) is 26.5 Å². The summed E-state index contributed by atoms with van der Waals surface area (Å²) in [4.78, 5) is 16.1. The molecule has 0 saturated carbocycles. The summed E-state index contributed by atoms with van der Waals surface area (Å²) in [7, 11) is 0. The fraction of sp³-hybridized carbons (Fsp3) is 0. The minimum absolute atomic E-state index is 0.0916. The van der Waals surface area contributed by atoms with Gasteiger partial charge in [0, 0.05) is 26.0 Å². The molecule has 0 bridgehead atoms. The number of fused-ring (bicyclic) bond motifs is 2. The van der Waals surface area contributed by atoms with Gasteiger partial charge in [-0.2, -0.15) is 0 Å². The Morgan fingerprint density at radius 3 is 2.48 bits per heavy atom. The van der Waals surface area contributed by atoms with Gasteiger partial charge in [-0.25, -0.2) is 4.79 Å². The molecule has 3 aromatic carbocycles. The third kappa shape index (κ3) is 2.94. The molecule has 0 unspecified atom stereocenters. The first-order chi connectivity index (χ1) is 14.0. The number of benzene rings is 3. The van der Waals surface area contributed by atoms with Crippen LogP contribution in [0.25, 0.3) is 44.3 Å². The van der Waals surface area contributed by atoms with Crippen molar-refractivity contribution >= 4 is 49.4 Å². The second-order valence-corrected chi connectivity index (χ2v) is 8.03. The maximum atomic E-state index is 12.9. The Hall–Kier alpha value is -3.02. The number of halogens is 2. The quantitative estimate of drug-likeness (QED) is 0.283. The molecule has 0 amide bonds. The lowest BCUT2D eigenvalue weighted by atomic mass is 9.98. The third-order valence-electron chi connectivity index (χ3n) is 4.93. The van der Waals surface area contributed by atoms with Crippen LogP contribution in [0.3, 0.4) is 0 Å². The van der Waals surface area contributed by atoms with Crippen LogP contribution < -0.4 is 5.63 Å². The molecule has 0 atom stereocenters. The summed E-state index contributed by atoms with van der Waals surface area (Å²) in [6.07, 6.45) is 0. The van der Waals surface area contributed by atoms with Crippen LogP contribution in [0.15, 0.2) is 80.4 Å². The summed E-state index contributed by atoms with van der Waals surface area (Å²) in [5.74, 6) is -0.118. The molecule has 0 spiro atoms. The van der Waals surface area contributed by atoms with Gasteiger partial charge in [0.25, 0.3) is 0 Å². The maximum Gasteiger partial charge on any atom is 0.349 e. The van der Waals surface area contributed by atoms with Crippen LogP contribution >= 0.6 is 27.5 Å². The van der Waals surface area contributed by atoms with Gasteiger partial charge in [-0.1, -0.05) is 51.8 Å².